The molecule has 0 fully saturated rings. The van der Waals surface area contributed by atoms with Gasteiger partial charge in [0, 0.05) is 13.1 Å². The minimum absolute atomic E-state index is 0.258. The number of hydrogen-bond acceptors (Lipinski definition) is 2. The molecule has 0 radical (unpaired) electrons. The molecule has 0 saturated carbocycles. The third-order valence-electron chi connectivity index (χ3n) is 4.32. The molecule has 3 rings (SSSR count). The number of benzene rings is 3. The molecule has 136 valence electrons. The van der Waals surface area contributed by atoms with E-state index in [-0.39, 0.29) is 12.7 Å². The van der Waals surface area contributed by atoms with Crippen molar-refractivity contribution in [1.82, 2.24) is 4.90 Å². The standard InChI is InChI=1S/C24H23NO2/c1-2-22-15-9-10-16-23(22)18-25(17-20-11-5-3-6-12-20)24(26)27-19-21-13-7-4-8-14-21/h2-16H,1,17-19H2. The number of carbonyl (C=O) groups is 1. The first-order chi connectivity index (χ1) is 13.3. The lowest BCUT2D eigenvalue weighted by Crippen LogP contribution is -2.31. The fraction of sp³-hybridized carbons (Fsp3) is 0.125. The summed E-state index contributed by atoms with van der Waals surface area (Å²) in [5.74, 6) is 0. The van der Waals surface area contributed by atoms with Crippen molar-refractivity contribution in [2.45, 2.75) is 19.7 Å². The highest BCUT2D eigenvalue weighted by atomic mass is 16.6. The Morgan fingerprint density at radius 1 is 0.815 bits per heavy atom. The zero-order valence-electron chi connectivity index (χ0n) is 15.3. The minimum Gasteiger partial charge on any atom is -0.445 e. The van der Waals surface area contributed by atoms with Crippen LogP contribution < -0.4 is 0 Å². The first-order valence-electron chi connectivity index (χ1n) is 8.96. The van der Waals surface area contributed by atoms with Gasteiger partial charge in [0.05, 0.1) is 0 Å². The van der Waals surface area contributed by atoms with Crippen molar-refractivity contribution in [2.75, 3.05) is 0 Å². The predicted molar refractivity (Wildman–Crippen MR) is 109 cm³/mol. The zero-order chi connectivity index (χ0) is 18.9. The van der Waals surface area contributed by atoms with Crippen molar-refractivity contribution in [3.63, 3.8) is 0 Å². The van der Waals surface area contributed by atoms with Crippen LogP contribution in [-0.4, -0.2) is 11.0 Å². The first kappa shape index (κ1) is 18.5. The summed E-state index contributed by atoms with van der Waals surface area (Å²) in [5, 5.41) is 0. The van der Waals surface area contributed by atoms with Gasteiger partial charge in [-0.05, 0) is 22.3 Å². The molecule has 0 bridgehead atoms. The van der Waals surface area contributed by atoms with Gasteiger partial charge >= 0.3 is 6.09 Å². The van der Waals surface area contributed by atoms with E-state index in [9.17, 15) is 4.79 Å². The van der Waals surface area contributed by atoms with Crippen molar-refractivity contribution in [1.29, 1.82) is 0 Å². The molecule has 0 saturated heterocycles. The number of amides is 1. The monoisotopic (exact) mass is 357 g/mol. The van der Waals surface area contributed by atoms with Crippen LogP contribution in [0.3, 0.4) is 0 Å². The van der Waals surface area contributed by atoms with Crippen LogP contribution in [0, 0.1) is 0 Å². The van der Waals surface area contributed by atoms with Crippen LogP contribution in [0.2, 0.25) is 0 Å². The molecule has 1 amide bonds. The van der Waals surface area contributed by atoms with Crippen LogP contribution in [0.25, 0.3) is 6.08 Å². The van der Waals surface area contributed by atoms with Crippen molar-refractivity contribution < 1.29 is 9.53 Å². The van der Waals surface area contributed by atoms with Crippen molar-refractivity contribution in [3.8, 4) is 0 Å². The third-order valence-corrected chi connectivity index (χ3v) is 4.32. The van der Waals surface area contributed by atoms with Crippen LogP contribution >= 0.6 is 0 Å². The highest BCUT2D eigenvalue weighted by molar-refractivity contribution is 5.68. The topological polar surface area (TPSA) is 29.5 Å². The average molecular weight is 357 g/mol. The van der Waals surface area contributed by atoms with Gasteiger partial charge in [-0.2, -0.15) is 0 Å². The predicted octanol–water partition coefficient (Wildman–Crippen LogP) is 5.67. The SMILES string of the molecule is C=Cc1ccccc1CN(Cc1ccccc1)C(=O)OCc1ccccc1. The van der Waals surface area contributed by atoms with E-state index in [1.165, 1.54) is 0 Å². The van der Waals surface area contributed by atoms with Gasteiger partial charge in [-0.15, -0.1) is 0 Å². The van der Waals surface area contributed by atoms with Crippen molar-refractivity contribution in [2.24, 2.45) is 0 Å². The Morgan fingerprint density at radius 2 is 1.41 bits per heavy atom. The van der Waals surface area contributed by atoms with Gasteiger partial charge in [-0.3, -0.25) is 4.90 Å². The number of rotatable bonds is 7. The summed E-state index contributed by atoms with van der Waals surface area (Å²) in [6.45, 7) is 5.08. The Hall–Kier alpha value is -3.33. The summed E-state index contributed by atoms with van der Waals surface area (Å²) < 4.78 is 5.57. The van der Waals surface area contributed by atoms with E-state index >= 15 is 0 Å². The maximum atomic E-state index is 12.8. The summed E-state index contributed by atoms with van der Waals surface area (Å²) in [5.41, 5.74) is 4.09. The quantitative estimate of drug-likeness (QED) is 0.545. The third kappa shape index (κ3) is 5.32. The molecule has 0 aromatic heterocycles. The van der Waals surface area contributed by atoms with Crippen LogP contribution in [0.5, 0.6) is 0 Å². The highest BCUT2D eigenvalue weighted by Gasteiger charge is 2.17. The summed E-state index contributed by atoms with van der Waals surface area (Å²) in [4.78, 5) is 14.5. The summed E-state index contributed by atoms with van der Waals surface area (Å²) in [6, 6.07) is 27.6. The lowest BCUT2D eigenvalue weighted by atomic mass is 10.1. The van der Waals surface area contributed by atoms with E-state index < -0.39 is 0 Å². The Balaban J connectivity index is 1.76. The van der Waals surface area contributed by atoms with Gasteiger partial charge in [0.1, 0.15) is 6.61 Å². The summed E-state index contributed by atoms with van der Waals surface area (Å²) >= 11 is 0. The Labute approximate surface area is 160 Å². The highest BCUT2D eigenvalue weighted by Crippen LogP contribution is 2.17. The first-order valence-corrected chi connectivity index (χ1v) is 8.96. The number of hydrogen-bond donors (Lipinski definition) is 0. The van der Waals surface area contributed by atoms with Gasteiger partial charge in [0.2, 0.25) is 0 Å². The molecule has 27 heavy (non-hydrogen) atoms. The lowest BCUT2D eigenvalue weighted by molar-refractivity contribution is 0.0910. The second-order valence-corrected chi connectivity index (χ2v) is 6.28. The fourth-order valence-electron chi connectivity index (χ4n) is 2.88. The number of ether oxygens (including phenoxy) is 1. The summed E-state index contributed by atoms with van der Waals surface area (Å²) in [6.07, 6.45) is 1.48. The van der Waals surface area contributed by atoms with Crippen LogP contribution in [0.15, 0.2) is 91.5 Å². The molecule has 0 atom stereocenters. The molecular formula is C24H23NO2. The van der Waals surface area contributed by atoms with Crippen molar-refractivity contribution in [3.05, 3.63) is 114 Å². The Morgan fingerprint density at radius 3 is 2.07 bits per heavy atom. The molecule has 0 N–H and O–H groups in total. The maximum absolute atomic E-state index is 12.8. The Bertz CT molecular complexity index is 875. The normalized spacial score (nSPS) is 10.2. The molecule has 3 nitrogen and oxygen atoms in total. The van der Waals surface area contributed by atoms with Gasteiger partial charge in [0.25, 0.3) is 0 Å². The van der Waals surface area contributed by atoms with E-state index in [4.69, 9.17) is 4.74 Å². The fourth-order valence-corrected chi connectivity index (χ4v) is 2.88. The Kier molecular flexibility index (Phi) is 6.42. The smallest absolute Gasteiger partial charge is 0.410 e. The van der Waals surface area contributed by atoms with E-state index in [0.717, 1.165) is 22.3 Å². The van der Waals surface area contributed by atoms with Crippen LogP contribution in [0.1, 0.15) is 22.3 Å². The molecule has 3 aromatic carbocycles. The molecule has 0 unspecified atom stereocenters. The van der Waals surface area contributed by atoms with Gasteiger partial charge in [-0.1, -0.05) is 97.6 Å². The van der Waals surface area contributed by atoms with E-state index in [1.807, 2.05) is 91.0 Å². The van der Waals surface area contributed by atoms with E-state index in [0.29, 0.717) is 13.1 Å². The second-order valence-electron chi connectivity index (χ2n) is 6.28. The molecule has 0 spiro atoms. The lowest BCUT2D eigenvalue weighted by Gasteiger charge is -2.23. The molecule has 0 aliphatic rings. The van der Waals surface area contributed by atoms with Gasteiger partial charge in [0.15, 0.2) is 0 Å². The van der Waals surface area contributed by atoms with Crippen LogP contribution in [0.4, 0.5) is 4.79 Å². The van der Waals surface area contributed by atoms with Gasteiger partial charge in [-0.25, -0.2) is 4.79 Å². The molecule has 3 heteroatoms. The zero-order valence-corrected chi connectivity index (χ0v) is 15.3. The van der Waals surface area contributed by atoms with Crippen molar-refractivity contribution >= 4 is 12.2 Å². The average Bonchev–Trinajstić information content (AvgIpc) is 2.73. The van der Waals surface area contributed by atoms with E-state index in [1.54, 1.807) is 4.90 Å². The minimum atomic E-state index is -0.332. The maximum Gasteiger partial charge on any atom is 0.410 e. The molecular weight excluding hydrogens is 334 g/mol. The molecule has 3 aromatic rings. The second kappa shape index (κ2) is 9.39. The number of carbonyl (C=O) groups excluding carboxylic acids is 1. The molecule has 0 heterocycles. The summed E-state index contributed by atoms with van der Waals surface area (Å²) in [7, 11) is 0. The van der Waals surface area contributed by atoms with Crippen LogP contribution in [-0.2, 0) is 24.4 Å². The van der Waals surface area contributed by atoms with E-state index in [2.05, 4.69) is 6.58 Å². The van der Waals surface area contributed by atoms with Gasteiger partial charge < -0.3 is 4.74 Å². The largest absolute Gasteiger partial charge is 0.445 e. The molecule has 0 aliphatic heterocycles. The molecule has 0 aliphatic carbocycles. The number of nitrogens with zero attached hydrogens (tertiary/aromatic N) is 1.